The first-order chi connectivity index (χ1) is 23.9. The van der Waals surface area contributed by atoms with Crippen molar-refractivity contribution in [2.24, 2.45) is 0 Å². The van der Waals surface area contributed by atoms with E-state index in [0.29, 0.717) is 22.8 Å². The number of nitrogens with one attached hydrogen (secondary N) is 1. The Labute approximate surface area is 303 Å². The fourth-order valence-corrected chi connectivity index (χ4v) is 7.11. The van der Waals surface area contributed by atoms with Crippen molar-refractivity contribution in [2.45, 2.75) is 50.2 Å². The van der Waals surface area contributed by atoms with Gasteiger partial charge in [-0.15, -0.1) is 0 Å². The van der Waals surface area contributed by atoms with Crippen molar-refractivity contribution >= 4 is 50.7 Å². The van der Waals surface area contributed by atoms with E-state index in [1.807, 2.05) is 44.2 Å². The zero-order chi connectivity index (χ0) is 36.4. The maximum atomic E-state index is 14.8. The van der Waals surface area contributed by atoms with E-state index in [1.54, 1.807) is 30.3 Å². The molecule has 2 amide bonds. The summed E-state index contributed by atoms with van der Waals surface area (Å²) in [6.45, 7) is 3.07. The van der Waals surface area contributed by atoms with Crippen molar-refractivity contribution in [3.63, 3.8) is 0 Å². The molecule has 4 aromatic carbocycles. The minimum Gasteiger partial charge on any atom is -0.495 e. The highest BCUT2D eigenvalue weighted by molar-refractivity contribution is 7.92. The number of nitrogens with zero attached hydrogens (tertiary/aromatic N) is 2. The second-order valence-corrected chi connectivity index (χ2v) is 14.3. The number of sulfonamides is 1. The van der Waals surface area contributed by atoms with Crippen molar-refractivity contribution in [2.75, 3.05) is 32.2 Å². The van der Waals surface area contributed by atoms with Crippen LogP contribution in [0.5, 0.6) is 17.2 Å². The molecule has 0 saturated carbocycles. The number of carbonyl (C=O) groups excluding carboxylic acids is 2. The van der Waals surface area contributed by atoms with Gasteiger partial charge in [0.25, 0.3) is 10.0 Å². The van der Waals surface area contributed by atoms with Gasteiger partial charge in [0.05, 0.1) is 31.9 Å². The van der Waals surface area contributed by atoms with Crippen LogP contribution in [0.25, 0.3) is 0 Å². The van der Waals surface area contributed by atoms with Crippen molar-refractivity contribution in [3.8, 4) is 17.2 Å². The van der Waals surface area contributed by atoms with E-state index in [9.17, 15) is 18.0 Å². The van der Waals surface area contributed by atoms with Crippen LogP contribution in [0.15, 0.2) is 95.9 Å². The summed E-state index contributed by atoms with van der Waals surface area (Å²) in [7, 11) is -0.296. The first-order valence-corrected chi connectivity index (χ1v) is 18.1. The molecule has 50 heavy (non-hydrogen) atoms. The van der Waals surface area contributed by atoms with Crippen LogP contribution in [0.1, 0.15) is 31.4 Å². The summed E-state index contributed by atoms with van der Waals surface area (Å²) in [6.07, 6.45) is 0.830. The number of carbonyl (C=O) groups is 2. The largest absolute Gasteiger partial charge is 0.495 e. The summed E-state index contributed by atoms with van der Waals surface area (Å²) in [6, 6.07) is 23.6. The number of rotatable bonds is 16. The molecule has 13 heteroatoms. The predicted octanol–water partition coefficient (Wildman–Crippen LogP) is 6.77. The molecule has 4 aromatic rings. The van der Waals surface area contributed by atoms with Crippen LogP contribution < -0.4 is 23.8 Å². The molecule has 266 valence electrons. The summed E-state index contributed by atoms with van der Waals surface area (Å²) in [5.41, 5.74) is 1.48. The molecule has 0 radical (unpaired) electrons. The Morgan fingerprint density at radius 3 is 2.06 bits per heavy atom. The smallest absolute Gasteiger partial charge is 0.265 e. The first-order valence-electron chi connectivity index (χ1n) is 15.9. The number of ether oxygens (including phenoxy) is 3. The normalized spacial score (nSPS) is 12.4. The standard InChI is InChI=1S/C37H41Cl2N3O7S/c1-6-25(2)40-37(44)32(20-26-11-8-7-9-12-26)41(23-27-13-10-14-28(38)19-27)36(43)24-42(31-21-29(39)15-17-33(31)47-3)50(45,46)30-16-18-34(48-4)35(22-30)49-5/h7-19,21-22,25,32H,6,20,23-24H2,1-5H3,(H,40,44). The SMILES string of the molecule is CCC(C)NC(=O)C(Cc1ccccc1)N(Cc1cccc(Cl)c1)C(=O)CN(c1cc(Cl)ccc1OC)S(=O)(=O)c1ccc(OC)c(OC)c1. The molecule has 0 aromatic heterocycles. The summed E-state index contributed by atoms with van der Waals surface area (Å²) >= 11 is 12.7. The highest BCUT2D eigenvalue weighted by Gasteiger charge is 2.36. The van der Waals surface area contributed by atoms with E-state index in [4.69, 9.17) is 37.4 Å². The number of hydrogen-bond donors (Lipinski definition) is 1. The van der Waals surface area contributed by atoms with Crippen molar-refractivity contribution < 1.29 is 32.2 Å². The fourth-order valence-electron chi connectivity index (χ4n) is 5.30. The van der Waals surface area contributed by atoms with Crippen LogP contribution in [0.2, 0.25) is 10.0 Å². The minimum atomic E-state index is -4.51. The van der Waals surface area contributed by atoms with Gasteiger partial charge in [0.2, 0.25) is 11.8 Å². The maximum absolute atomic E-state index is 14.8. The van der Waals surface area contributed by atoms with E-state index in [1.165, 1.54) is 56.6 Å². The molecule has 10 nitrogen and oxygen atoms in total. The van der Waals surface area contributed by atoms with Gasteiger partial charge in [-0.1, -0.05) is 72.6 Å². The second-order valence-electron chi connectivity index (χ2n) is 11.5. The summed E-state index contributed by atoms with van der Waals surface area (Å²) in [5.74, 6) is -0.393. The van der Waals surface area contributed by atoms with E-state index in [-0.39, 0.29) is 52.0 Å². The summed E-state index contributed by atoms with van der Waals surface area (Å²) in [5, 5.41) is 3.68. The molecule has 0 fully saturated rings. The highest BCUT2D eigenvalue weighted by atomic mass is 35.5. The number of anilines is 1. The lowest BCUT2D eigenvalue weighted by Crippen LogP contribution is -2.54. The number of halogens is 2. The van der Waals surface area contributed by atoms with Crippen molar-refractivity contribution in [3.05, 3.63) is 112 Å². The molecule has 0 aliphatic carbocycles. The highest BCUT2D eigenvalue weighted by Crippen LogP contribution is 2.37. The van der Waals surface area contributed by atoms with Crippen molar-refractivity contribution in [1.82, 2.24) is 10.2 Å². The molecular weight excluding hydrogens is 701 g/mol. The lowest BCUT2D eigenvalue weighted by Gasteiger charge is -2.34. The molecule has 0 bridgehead atoms. The average Bonchev–Trinajstić information content (AvgIpc) is 3.11. The van der Waals surface area contributed by atoms with Crippen LogP contribution >= 0.6 is 23.2 Å². The molecule has 0 aliphatic heterocycles. The van der Waals surface area contributed by atoms with Crippen LogP contribution in [-0.4, -0.2) is 65.1 Å². The Morgan fingerprint density at radius 2 is 1.42 bits per heavy atom. The van der Waals surface area contributed by atoms with E-state index in [0.717, 1.165) is 9.87 Å². The van der Waals surface area contributed by atoms with Crippen LogP contribution in [0.3, 0.4) is 0 Å². The third-order valence-electron chi connectivity index (χ3n) is 8.15. The molecule has 0 spiro atoms. The molecule has 2 unspecified atom stereocenters. The van der Waals surface area contributed by atoms with Gasteiger partial charge in [0.1, 0.15) is 18.3 Å². The third-order valence-corrected chi connectivity index (χ3v) is 10.4. The lowest BCUT2D eigenvalue weighted by molar-refractivity contribution is -0.140. The molecule has 2 atom stereocenters. The van der Waals surface area contributed by atoms with Crippen LogP contribution in [0.4, 0.5) is 5.69 Å². The Bertz CT molecular complexity index is 1890. The van der Waals surface area contributed by atoms with E-state index in [2.05, 4.69) is 5.32 Å². The molecule has 0 heterocycles. The lowest BCUT2D eigenvalue weighted by atomic mass is 10.0. The van der Waals surface area contributed by atoms with Crippen LogP contribution in [-0.2, 0) is 32.6 Å². The van der Waals surface area contributed by atoms with Gasteiger partial charge in [-0.25, -0.2) is 8.42 Å². The molecule has 4 rings (SSSR count). The van der Waals surface area contributed by atoms with E-state index < -0.39 is 28.5 Å². The van der Waals surface area contributed by atoms with Crippen LogP contribution in [0, 0.1) is 0 Å². The number of hydrogen-bond acceptors (Lipinski definition) is 7. The van der Waals surface area contributed by atoms with Gasteiger partial charge in [-0.05, 0) is 66.9 Å². The van der Waals surface area contributed by atoms with Gasteiger partial charge in [-0.3, -0.25) is 13.9 Å². The van der Waals surface area contributed by atoms with E-state index >= 15 is 0 Å². The predicted molar refractivity (Wildman–Crippen MR) is 196 cm³/mol. The van der Waals surface area contributed by atoms with Gasteiger partial charge in [0.15, 0.2) is 11.5 Å². The molecule has 0 saturated heterocycles. The molecule has 1 N–H and O–H groups in total. The average molecular weight is 743 g/mol. The minimum absolute atomic E-state index is 0.0227. The number of methoxy groups -OCH3 is 3. The zero-order valence-corrected chi connectivity index (χ0v) is 30.9. The number of amides is 2. The summed E-state index contributed by atoms with van der Waals surface area (Å²) < 4.78 is 46.4. The van der Waals surface area contributed by atoms with Gasteiger partial charge in [0, 0.05) is 35.1 Å². The monoisotopic (exact) mass is 741 g/mol. The Morgan fingerprint density at radius 1 is 0.780 bits per heavy atom. The Kier molecular flexibility index (Phi) is 13.4. The van der Waals surface area contributed by atoms with Gasteiger partial charge in [-0.2, -0.15) is 0 Å². The Balaban J connectivity index is 1.89. The zero-order valence-electron chi connectivity index (χ0n) is 28.6. The molecule has 0 aliphatic rings. The quantitative estimate of drug-likeness (QED) is 0.135. The fraction of sp³-hybridized carbons (Fsp3) is 0.297. The van der Waals surface area contributed by atoms with Gasteiger partial charge < -0.3 is 24.4 Å². The number of benzene rings is 4. The van der Waals surface area contributed by atoms with Gasteiger partial charge >= 0.3 is 0 Å². The topological polar surface area (TPSA) is 114 Å². The molecular formula is C37H41Cl2N3O7S. The maximum Gasteiger partial charge on any atom is 0.265 e. The Hall–Kier alpha value is -4.45. The third kappa shape index (κ3) is 9.41. The second kappa shape index (κ2) is 17.5. The summed E-state index contributed by atoms with van der Waals surface area (Å²) in [4.78, 5) is 30.0. The first kappa shape index (κ1) is 38.4. The van der Waals surface area contributed by atoms with Crippen molar-refractivity contribution in [1.29, 1.82) is 0 Å².